The van der Waals surface area contributed by atoms with E-state index in [1.165, 1.54) is 7.11 Å². The summed E-state index contributed by atoms with van der Waals surface area (Å²) >= 11 is 0. The van der Waals surface area contributed by atoms with E-state index in [2.05, 4.69) is 48.9 Å². The number of benzene rings is 6. The van der Waals surface area contributed by atoms with Gasteiger partial charge in [0.2, 0.25) is 0 Å². The molecule has 1 saturated heterocycles. The highest BCUT2D eigenvalue weighted by Crippen LogP contribution is 2.50. The normalized spacial score (nSPS) is 15.9. The third-order valence-corrected chi connectivity index (χ3v) is 14.8. The fraction of sp³-hybridized carbons (Fsp3) is 0.315. The zero-order valence-electron chi connectivity index (χ0n) is 39.5. The van der Waals surface area contributed by atoms with Gasteiger partial charge >= 0.3 is 13.6 Å². The average Bonchev–Trinajstić information content (AvgIpc) is 3.44. The van der Waals surface area contributed by atoms with Crippen molar-refractivity contribution in [3.63, 3.8) is 0 Å². The molecule has 2 unspecified atom stereocenters. The maximum atomic E-state index is 15.7. The highest BCUT2D eigenvalue weighted by Gasteiger charge is 2.42. The lowest BCUT2D eigenvalue weighted by molar-refractivity contribution is -0.118. The first kappa shape index (κ1) is 50.1. The topological polar surface area (TPSA) is 119 Å². The van der Waals surface area contributed by atoms with E-state index < -0.39 is 27.8 Å². The number of methoxy groups -OCH3 is 1. The molecule has 358 valence electrons. The molecule has 1 fully saturated rings. The molecule has 2 atom stereocenters. The standard InChI is InChI=1S/C54H64N3O9PSi/c1-61-52-34-48(28-29-51(52)58)36-56-50(33-43-18-9-5-10-19-43)53(63-41-62-30-31-68(2,3)4)38-55(35-44-20-11-6-12-21-44)57(54(56)59)37-47-26-17-27-49(32-47)64-42-67(60,65-39-45-22-13-7-14-23-45)66-40-46-24-15-8-16-25-46/h5-29,32,34,50,53,58H,30-31,33,35-42H2,1-4H3. The van der Waals surface area contributed by atoms with E-state index >= 15 is 4.79 Å². The van der Waals surface area contributed by atoms with Gasteiger partial charge in [0.15, 0.2) is 17.8 Å². The maximum absolute atomic E-state index is 15.7. The third-order valence-electron chi connectivity index (χ3n) is 11.6. The van der Waals surface area contributed by atoms with Gasteiger partial charge in [-0.25, -0.2) is 9.80 Å². The summed E-state index contributed by atoms with van der Waals surface area (Å²) < 4.78 is 51.1. The van der Waals surface area contributed by atoms with Crippen LogP contribution in [0.2, 0.25) is 25.7 Å². The molecule has 6 aromatic carbocycles. The van der Waals surface area contributed by atoms with Crippen molar-refractivity contribution in [3.05, 3.63) is 197 Å². The van der Waals surface area contributed by atoms with Crippen LogP contribution >= 0.6 is 7.60 Å². The van der Waals surface area contributed by atoms with Crippen molar-refractivity contribution in [2.45, 2.75) is 77.1 Å². The first-order valence-corrected chi connectivity index (χ1v) is 28.5. The number of phenols is 1. The molecule has 6 aromatic rings. The van der Waals surface area contributed by atoms with Crippen LogP contribution in [0, 0.1) is 0 Å². The number of nitrogens with zero attached hydrogens (tertiary/aromatic N) is 3. The molecule has 1 heterocycles. The quantitative estimate of drug-likeness (QED) is 0.0272. The number of rotatable bonds is 24. The van der Waals surface area contributed by atoms with Crippen LogP contribution in [0.15, 0.2) is 164 Å². The van der Waals surface area contributed by atoms with E-state index in [1.807, 2.05) is 126 Å². The summed E-state index contributed by atoms with van der Waals surface area (Å²) in [5.41, 5.74) is 5.33. The summed E-state index contributed by atoms with van der Waals surface area (Å²) in [5, 5.41) is 14.4. The van der Waals surface area contributed by atoms with E-state index in [0.717, 1.165) is 39.4 Å². The Morgan fingerprint density at radius 3 is 1.84 bits per heavy atom. The van der Waals surface area contributed by atoms with Gasteiger partial charge in [0.1, 0.15) is 12.5 Å². The molecule has 0 spiro atoms. The van der Waals surface area contributed by atoms with Crippen molar-refractivity contribution in [2.75, 3.05) is 33.4 Å². The van der Waals surface area contributed by atoms with Crippen LogP contribution in [0.4, 0.5) is 4.79 Å². The fourth-order valence-corrected chi connectivity index (χ4v) is 9.83. The molecule has 1 N–H and O–H groups in total. The molecular weight excluding hydrogens is 894 g/mol. The maximum Gasteiger partial charge on any atom is 0.368 e. The van der Waals surface area contributed by atoms with Crippen LogP contribution in [-0.4, -0.2) is 79.7 Å². The van der Waals surface area contributed by atoms with Crippen molar-refractivity contribution in [2.24, 2.45) is 0 Å². The van der Waals surface area contributed by atoms with Gasteiger partial charge in [-0.2, -0.15) is 0 Å². The number of ether oxygens (including phenoxy) is 4. The number of hydrazine groups is 1. The van der Waals surface area contributed by atoms with Gasteiger partial charge in [0.05, 0.1) is 39.0 Å². The van der Waals surface area contributed by atoms with Gasteiger partial charge in [0.25, 0.3) is 0 Å². The molecule has 1 aliphatic heterocycles. The SMILES string of the molecule is COc1cc(CN2C(=O)N(Cc3cccc(OCP(=O)(OCc4ccccc4)OCc4ccccc4)c3)N(Cc3ccccc3)CC(OCOCC[Si](C)(C)C)C2Cc2ccccc2)ccc1O. The van der Waals surface area contributed by atoms with Gasteiger partial charge < -0.3 is 38.0 Å². The number of hydrogen-bond donors (Lipinski definition) is 1. The number of phenolic OH excluding ortho intramolecular Hbond substituents is 1. The van der Waals surface area contributed by atoms with E-state index in [-0.39, 0.29) is 51.2 Å². The number of amides is 2. The van der Waals surface area contributed by atoms with Gasteiger partial charge in [-0.15, -0.1) is 0 Å². The summed E-state index contributed by atoms with van der Waals surface area (Å²) in [4.78, 5) is 17.6. The summed E-state index contributed by atoms with van der Waals surface area (Å²) in [6.45, 7) is 8.93. The number of carbonyl (C=O) groups excluding carboxylic acids is 1. The monoisotopic (exact) mass is 957 g/mol. The Morgan fingerprint density at radius 2 is 1.24 bits per heavy atom. The molecule has 0 aromatic heterocycles. The lowest BCUT2D eigenvalue weighted by atomic mass is 9.98. The molecule has 0 bridgehead atoms. The predicted octanol–water partition coefficient (Wildman–Crippen LogP) is 11.5. The van der Waals surface area contributed by atoms with Crippen LogP contribution in [-0.2, 0) is 62.4 Å². The molecule has 0 saturated carbocycles. The highest BCUT2D eigenvalue weighted by atomic mass is 31.2. The van der Waals surface area contributed by atoms with Crippen LogP contribution in [0.25, 0.3) is 0 Å². The van der Waals surface area contributed by atoms with Crippen molar-refractivity contribution in [3.8, 4) is 17.2 Å². The molecule has 0 aliphatic carbocycles. The third kappa shape index (κ3) is 15.1. The number of carbonyl (C=O) groups is 1. The second-order valence-electron chi connectivity index (χ2n) is 18.2. The van der Waals surface area contributed by atoms with Crippen molar-refractivity contribution < 1.29 is 42.5 Å². The Morgan fingerprint density at radius 1 is 0.662 bits per heavy atom. The van der Waals surface area contributed by atoms with E-state index in [0.29, 0.717) is 37.6 Å². The van der Waals surface area contributed by atoms with Crippen LogP contribution in [0.1, 0.15) is 33.4 Å². The van der Waals surface area contributed by atoms with Gasteiger partial charge in [-0.1, -0.05) is 159 Å². The lowest BCUT2D eigenvalue weighted by Gasteiger charge is -2.36. The first-order valence-electron chi connectivity index (χ1n) is 23.1. The zero-order chi connectivity index (χ0) is 47.8. The highest BCUT2D eigenvalue weighted by molar-refractivity contribution is 7.53. The van der Waals surface area contributed by atoms with E-state index in [9.17, 15) is 9.67 Å². The fourth-order valence-electron chi connectivity index (χ4n) is 7.85. The summed E-state index contributed by atoms with van der Waals surface area (Å²) in [7, 11) is -3.65. The van der Waals surface area contributed by atoms with Gasteiger partial charge in [-0.05, 0) is 70.1 Å². The van der Waals surface area contributed by atoms with Crippen molar-refractivity contribution in [1.29, 1.82) is 0 Å². The Kier molecular flexibility index (Phi) is 18.1. The average molecular weight is 958 g/mol. The van der Waals surface area contributed by atoms with Crippen LogP contribution in [0.3, 0.4) is 0 Å². The molecule has 14 heteroatoms. The van der Waals surface area contributed by atoms with Crippen LogP contribution in [0.5, 0.6) is 17.2 Å². The minimum absolute atomic E-state index is 0.00980. The Labute approximate surface area is 402 Å². The number of urea groups is 1. The number of aromatic hydroxyl groups is 1. The Bertz CT molecular complexity index is 2470. The summed E-state index contributed by atoms with van der Waals surface area (Å²) in [6, 6.07) is 52.2. The smallest absolute Gasteiger partial charge is 0.368 e. The molecule has 68 heavy (non-hydrogen) atoms. The zero-order valence-corrected chi connectivity index (χ0v) is 41.4. The van der Waals surface area contributed by atoms with Gasteiger partial charge in [0, 0.05) is 34.3 Å². The first-order chi connectivity index (χ1) is 32.9. The van der Waals surface area contributed by atoms with Crippen molar-refractivity contribution >= 4 is 21.7 Å². The minimum atomic E-state index is -3.79. The Balaban J connectivity index is 1.21. The summed E-state index contributed by atoms with van der Waals surface area (Å²) in [6.07, 6.45) is -0.311. The van der Waals surface area contributed by atoms with Gasteiger partial charge in [-0.3, -0.25) is 9.57 Å². The van der Waals surface area contributed by atoms with E-state index in [1.54, 1.807) is 23.2 Å². The second-order valence-corrected chi connectivity index (χ2v) is 25.8. The summed E-state index contributed by atoms with van der Waals surface area (Å²) in [5.74, 6) is 0.765. The molecular formula is C54H64N3O9PSi. The molecule has 7 rings (SSSR count). The number of hydrogen-bond acceptors (Lipinski definition) is 10. The minimum Gasteiger partial charge on any atom is -0.504 e. The van der Waals surface area contributed by atoms with Crippen molar-refractivity contribution in [1.82, 2.24) is 14.9 Å². The molecule has 2 amide bonds. The van der Waals surface area contributed by atoms with Crippen LogP contribution < -0.4 is 9.47 Å². The molecule has 0 radical (unpaired) electrons. The molecule has 12 nitrogen and oxygen atoms in total. The largest absolute Gasteiger partial charge is 0.504 e. The second kappa shape index (κ2) is 24.5. The van der Waals surface area contributed by atoms with E-state index in [4.69, 9.17) is 28.0 Å². The lowest BCUT2D eigenvalue weighted by Crippen LogP contribution is -2.51. The predicted molar refractivity (Wildman–Crippen MR) is 268 cm³/mol. The Hall–Kier alpha value is -5.76. The molecule has 1 aliphatic rings.